The molecule has 10 nitrogen and oxygen atoms in total. The molecule has 41 heavy (non-hydrogen) atoms. The average Bonchev–Trinajstić information content (AvgIpc) is 3.69. The number of pyridine rings is 1. The summed E-state index contributed by atoms with van der Waals surface area (Å²) in [6.07, 6.45) is 2.90. The number of anilines is 1. The van der Waals surface area contributed by atoms with Gasteiger partial charge in [0.05, 0.1) is 5.69 Å². The van der Waals surface area contributed by atoms with Gasteiger partial charge in [-0.1, -0.05) is 23.7 Å². The molecule has 0 spiro atoms. The summed E-state index contributed by atoms with van der Waals surface area (Å²) in [5, 5.41) is 6.24. The Bertz CT molecular complexity index is 1790. The number of fused-ring (bicyclic) bond motifs is 1. The van der Waals surface area contributed by atoms with Gasteiger partial charge in [0.15, 0.2) is 15.9 Å². The van der Waals surface area contributed by atoms with Crippen molar-refractivity contribution >= 4 is 50.2 Å². The lowest BCUT2D eigenvalue weighted by atomic mass is 9.92. The predicted molar refractivity (Wildman–Crippen MR) is 147 cm³/mol. The third-order valence-electron chi connectivity index (χ3n) is 6.57. The fraction of sp³-hybridized carbons (Fsp3) is 0.200. The fourth-order valence-electron chi connectivity index (χ4n) is 4.89. The minimum Gasteiger partial charge on any atom is -0.384 e. The summed E-state index contributed by atoms with van der Waals surface area (Å²) in [6, 6.07) is 8.03. The first kappa shape index (κ1) is 27.4. The molecule has 5 heterocycles. The maximum Gasteiger partial charge on any atom is 0.333 e. The third-order valence-corrected chi connectivity index (χ3v) is 9.09. The Hall–Kier alpha value is -3.79. The number of halogens is 4. The number of sulfonamides is 1. The van der Waals surface area contributed by atoms with E-state index in [0.29, 0.717) is 32.4 Å². The van der Waals surface area contributed by atoms with Crippen LogP contribution in [0.4, 0.5) is 19.0 Å². The molecule has 0 amide bonds. The molecule has 0 aliphatic carbocycles. The fourth-order valence-corrected chi connectivity index (χ4v) is 7.01. The number of hydrogen-bond acceptors (Lipinski definition) is 9. The number of benzene rings is 1. The van der Waals surface area contributed by atoms with Gasteiger partial charge in [-0.15, -0.1) is 11.3 Å². The Morgan fingerprint density at radius 3 is 2.71 bits per heavy atom. The largest absolute Gasteiger partial charge is 0.384 e. The van der Waals surface area contributed by atoms with Gasteiger partial charge in [-0.2, -0.15) is 13.9 Å². The van der Waals surface area contributed by atoms with Crippen LogP contribution in [0.25, 0.3) is 5.57 Å². The SMILES string of the molecule is Nc1cccc(S(=O)(=O)N[C@H]2CC3=C(c4ccn(C(F)F)n4)[C@H](c4ccc(F)cc4Cl)N=C(c4nccs4)N3C2)n1. The van der Waals surface area contributed by atoms with Gasteiger partial charge in [-0.3, -0.25) is 4.99 Å². The summed E-state index contributed by atoms with van der Waals surface area (Å²) < 4.78 is 70.6. The highest BCUT2D eigenvalue weighted by molar-refractivity contribution is 7.89. The monoisotopic (exact) mass is 620 g/mol. The van der Waals surface area contributed by atoms with Crippen LogP contribution in [0.15, 0.2) is 76.0 Å². The zero-order chi connectivity index (χ0) is 28.9. The number of thiazole rings is 1. The maximum atomic E-state index is 14.0. The molecule has 212 valence electrons. The molecular weight excluding hydrogens is 601 g/mol. The molecule has 16 heteroatoms. The van der Waals surface area contributed by atoms with Gasteiger partial charge >= 0.3 is 6.55 Å². The second-order valence-corrected chi connectivity index (χ2v) is 12.2. The predicted octanol–water partition coefficient (Wildman–Crippen LogP) is 4.47. The van der Waals surface area contributed by atoms with Crippen molar-refractivity contribution in [2.45, 2.75) is 30.1 Å². The Morgan fingerprint density at radius 2 is 2.02 bits per heavy atom. The molecule has 2 aliphatic heterocycles. The van der Waals surface area contributed by atoms with E-state index in [2.05, 4.69) is 19.8 Å². The second-order valence-electron chi connectivity index (χ2n) is 9.21. The van der Waals surface area contributed by atoms with E-state index in [4.69, 9.17) is 22.3 Å². The molecule has 4 aromatic rings. The molecule has 0 bridgehead atoms. The number of amidine groups is 1. The molecule has 0 unspecified atom stereocenters. The Morgan fingerprint density at radius 1 is 1.20 bits per heavy atom. The zero-order valence-electron chi connectivity index (χ0n) is 20.8. The van der Waals surface area contributed by atoms with Gasteiger partial charge < -0.3 is 10.6 Å². The number of nitrogen functional groups attached to an aromatic ring is 1. The summed E-state index contributed by atoms with van der Waals surface area (Å²) in [5.74, 6) is -0.0725. The van der Waals surface area contributed by atoms with E-state index >= 15 is 0 Å². The first-order valence-corrected chi connectivity index (χ1v) is 14.9. The average molecular weight is 621 g/mol. The van der Waals surface area contributed by atoms with Crippen molar-refractivity contribution in [2.75, 3.05) is 12.3 Å². The number of alkyl halides is 2. The van der Waals surface area contributed by atoms with E-state index < -0.39 is 34.5 Å². The van der Waals surface area contributed by atoms with Crippen LogP contribution in [0.3, 0.4) is 0 Å². The van der Waals surface area contributed by atoms with E-state index in [1.807, 2.05) is 0 Å². The quantitative estimate of drug-likeness (QED) is 0.312. The Balaban J connectivity index is 1.49. The molecule has 1 fully saturated rings. The van der Waals surface area contributed by atoms with Gasteiger partial charge in [-0.25, -0.2) is 32.2 Å². The number of nitrogens with one attached hydrogen (secondary N) is 1. The van der Waals surface area contributed by atoms with Gasteiger partial charge in [0, 0.05) is 58.6 Å². The maximum absolute atomic E-state index is 14.0. The van der Waals surface area contributed by atoms with E-state index in [9.17, 15) is 21.6 Å². The standard InChI is InChI=1S/C25H20ClF3N8O2S2/c26-16-10-13(27)4-5-15(16)22-21(17-6-8-37(34-17)25(28)29)18-11-14(12-36(18)23(33-22)24-31-7-9-40-24)35-41(38,39)20-3-1-2-19(30)32-20/h1-10,14,22,25,35H,11-12H2,(H2,30,32)/t14-,22-/m0/s1. The summed E-state index contributed by atoms with van der Waals surface area (Å²) >= 11 is 7.79. The van der Waals surface area contributed by atoms with Crippen LogP contribution in [0, 0.1) is 5.82 Å². The van der Waals surface area contributed by atoms with Crippen LogP contribution in [0.1, 0.15) is 35.3 Å². The lowest BCUT2D eigenvalue weighted by Gasteiger charge is -2.32. The number of nitrogens with two attached hydrogens (primary N) is 1. The van der Waals surface area contributed by atoms with Crippen molar-refractivity contribution in [1.29, 1.82) is 0 Å². The summed E-state index contributed by atoms with van der Waals surface area (Å²) in [5.41, 5.74) is 7.32. The highest BCUT2D eigenvalue weighted by Crippen LogP contribution is 2.46. The number of aromatic nitrogens is 4. The number of rotatable bonds is 7. The minimum absolute atomic E-state index is 0.0496. The minimum atomic E-state index is -4.07. The number of nitrogens with zero attached hydrogens (tertiary/aromatic N) is 6. The van der Waals surface area contributed by atoms with E-state index in [1.165, 1.54) is 47.7 Å². The topological polar surface area (TPSA) is 131 Å². The second kappa shape index (κ2) is 10.6. The normalized spacial score (nSPS) is 19.1. The Labute approximate surface area is 241 Å². The molecule has 3 N–H and O–H groups in total. The number of hydrogen-bond donors (Lipinski definition) is 2. The molecule has 1 aromatic carbocycles. The van der Waals surface area contributed by atoms with Gasteiger partial charge in [-0.05, 0) is 30.3 Å². The lowest BCUT2D eigenvalue weighted by molar-refractivity contribution is 0.0564. The number of aliphatic imine (C=N–C) groups is 1. The molecule has 6 rings (SSSR count). The van der Waals surface area contributed by atoms with Crippen molar-refractivity contribution in [3.05, 3.63) is 93.0 Å². The highest BCUT2D eigenvalue weighted by Gasteiger charge is 2.42. The van der Waals surface area contributed by atoms with Gasteiger partial charge in [0.1, 0.15) is 17.7 Å². The summed E-state index contributed by atoms with van der Waals surface area (Å²) in [4.78, 5) is 15.0. The zero-order valence-corrected chi connectivity index (χ0v) is 23.2. The highest BCUT2D eigenvalue weighted by atomic mass is 35.5. The van der Waals surface area contributed by atoms with Crippen LogP contribution in [0.5, 0.6) is 0 Å². The third kappa shape index (κ3) is 5.21. The van der Waals surface area contributed by atoms with E-state index in [-0.39, 0.29) is 34.5 Å². The molecular formula is C25H20ClF3N8O2S2. The molecule has 0 saturated carbocycles. The van der Waals surface area contributed by atoms with Gasteiger partial charge in [0.2, 0.25) is 0 Å². The molecule has 3 aromatic heterocycles. The summed E-state index contributed by atoms with van der Waals surface area (Å²) in [6.45, 7) is -2.73. The van der Waals surface area contributed by atoms with Crippen molar-refractivity contribution < 1.29 is 21.6 Å². The van der Waals surface area contributed by atoms with Crippen LogP contribution in [-0.4, -0.2) is 51.5 Å². The van der Waals surface area contributed by atoms with Crippen molar-refractivity contribution in [3.63, 3.8) is 0 Å². The lowest BCUT2D eigenvalue weighted by Crippen LogP contribution is -2.39. The molecule has 2 atom stereocenters. The van der Waals surface area contributed by atoms with E-state index in [1.54, 1.807) is 16.5 Å². The molecule has 1 saturated heterocycles. The van der Waals surface area contributed by atoms with Crippen LogP contribution >= 0.6 is 22.9 Å². The van der Waals surface area contributed by atoms with Crippen molar-refractivity contribution in [3.8, 4) is 0 Å². The van der Waals surface area contributed by atoms with Gasteiger partial charge in [0.25, 0.3) is 10.0 Å². The van der Waals surface area contributed by atoms with Crippen molar-refractivity contribution in [1.82, 2.24) is 29.4 Å². The summed E-state index contributed by atoms with van der Waals surface area (Å²) in [7, 11) is -4.07. The first-order chi connectivity index (χ1) is 19.6. The van der Waals surface area contributed by atoms with Crippen LogP contribution in [-0.2, 0) is 10.0 Å². The van der Waals surface area contributed by atoms with Crippen LogP contribution in [0.2, 0.25) is 5.02 Å². The molecule has 2 aliphatic rings. The Kier molecular flexibility index (Phi) is 7.05. The van der Waals surface area contributed by atoms with Crippen molar-refractivity contribution in [2.24, 2.45) is 4.99 Å². The first-order valence-electron chi connectivity index (χ1n) is 12.1. The smallest absolute Gasteiger partial charge is 0.333 e. The van der Waals surface area contributed by atoms with Crippen LogP contribution < -0.4 is 10.5 Å². The van der Waals surface area contributed by atoms with E-state index in [0.717, 1.165) is 12.3 Å². The molecule has 0 radical (unpaired) electrons.